The van der Waals surface area contributed by atoms with Crippen LogP contribution in [0.3, 0.4) is 0 Å². The molecule has 1 unspecified atom stereocenters. The average Bonchev–Trinajstić information content (AvgIpc) is 2.19. The number of nitrogens with two attached hydrogens (primary N) is 1. The van der Waals surface area contributed by atoms with Crippen LogP contribution in [0.2, 0.25) is 0 Å². The lowest BCUT2D eigenvalue weighted by atomic mass is 9.99. The molecule has 1 heterocycles. The van der Waals surface area contributed by atoms with Gasteiger partial charge in [0.25, 0.3) is 0 Å². The van der Waals surface area contributed by atoms with Crippen LogP contribution in [0.25, 0.3) is 0 Å². The van der Waals surface area contributed by atoms with Gasteiger partial charge in [-0.2, -0.15) is 0 Å². The van der Waals surface area contributed by atoms with Crippen molar-refractivity contribution in [2.75, 3.05) is 6.54 Å². The van der Waals surface area contributed by atoms with Crippen molar-refractivity contribution in [3.8, 4) is 0 Å². The highest BCUT2D eigenvalue weighted by atomic mass is 16.1. The van der Waals surface area contributed by atoms with Gasteiger partial charge in [-0.1, -0.05) is 13.0 Å². The first kappa shape index (κ1) is 10.9. The number of rotatable bonds is 5. The molecule has 1 aromatic rings. The quantitative estimate of drug-likeness (QED) is 0.762. The number of aromatic nitrogens is 1. The number of carbonyl (C=O) groups is 1. The lowest BCUT2D eigenvalue weighted by molar-refractivity contribution is -0.121. The second-order valence-corrected chi connectivity index (χ2v) is 3.44. The summed E-state index contributed by atoms with van der Waals surface area (Å²) >= 11 is 0. The van der Waals surface area contributed by atoms with Crippen LogP contribution in [0.4, 0.5) is 0 Å². The van der Waals surface area contributed by atoms with Crippen molar-refractivity contribution in [1.29, 1.82) is 0 Å². The molecule has 14 heavy (non-hydrogen) atoms. The minimum Gasteiger partial charge on any atom is -0.330 e. The molecule has 0 amide bonds. The van der Waals surface area contributed by atoms with Gasteiger partial charge in [0.1, 0.15) is 5.78 Å². The summed E-state index contributed by atoms with van der Waals surface area (Å²) in [7, 11) is 0. The number of nitrogens with zero attached hydrogens (tertiary/aromatic N) is 1. The number of pyridine rings is 1. The average molecular weight is 192 g/mol. The lowest BCUT2D eigenvalue weighted by Crippen LogP contribution is -2.17. The predicted molar refractivity (Wildman–Crippen MR) is 55.8 cm³/mol. The van der Waals surface area contributed by atoms with Gasteiger partial charge < -0.3 is 5.73 Å². The Balaban J connectivity index is 2.49. The topological polar surface area (TPSA) is 56.0 Å². The lowest BCUT2D eigenvalue weighted by Gasteiger charge is -2.07. The molecule has 3 heteroatoms. The standard InChI is InChI=1S/C11H16N2O/c1-9(5-6-12)11(14)8-10-4-2-3-7-13-10/h2-4,7,9H,5-6,8,12H2,1H3. The number of Topliss-reactive ketones (excluding diaryl/α,β-unsaturated/α-hetero) is 1. The van der Waals surface area contributed by atoms with E-state index in [1.54, 1.807) is 6.20 Å². The van der Waals surface area contributed by atoms with Crippen molar-refractivity contribution in [3.63, 3.8) is 0 Å². The van der Waals surface area contributed by atoms with Crippen molar-refractivity contribution in [1.82, 2.24) is 4.98 Å². The summed E-state index contributed by atoms with van der Waals surface area (Å²) in [5.41, 5.74) is 6.23. The zero-order chi connectivity index (χ0) is 10.4. The van der Waals surface area contributed by atoms with Gasteiger partial charge in [0.2, 0.25) is 0 Å². The van der Waals surface area contributed by atoms with Crippen LogP contribution >= 0.6 is 0 Å². The summed E-state index contributed by atoms with van der Waals surface area (Å²) < 4.78 is 0. The minimum atomic E-state index is 0.0435. The third-order valence-electron chi connectivity index (χ3n) is 2.23. The van der Waals surface area contributed by atoms with E-state index in [4.69, 9.17) is 5.73 Å². The SMILES string of the molecule is CC(CCN)C(=O)Cc1ccccn1. The molecule has 0 aliphatic heterocycles. The molecule has 1 atom stereocenters. The first-order valence-corrected chi connectivity index (χ1v) is 4.86. The number of hydrogen-bond acceptors (Lipinski definition) is 3. The molecule has 2 N–H and O–H groups in total. The van der Waals surface area contributed by atoms with E-state index < -0.39 is 0 Å². The van der Waals surface area contributed by atoms with Crippen LogP contribution < -0.4 is 5.73 Å². The van der Waals surface area contributed by atoms with Gasteiger partial charge >= 0.3 is 0 Å². The van der Waals surface area contributed by atoms with E-state index in [0.29, 0.717) is 13.0 Å². The smallest absolute Gasteiger partial charge is 0.141 e. The molecule has 1 rings (SSSR count). The van der Waals surface area contributed by atoms with Crippen molar-refractivity contribution < 1.29 is 4.79 Å². The van der Waals surface area contributed by atoms with Crippen LogP contribution in [-0.2, 0) is 11.2 Å². The monoisotopic (exact) mass is 192 g/mol. The largest absolute Gasteiger partial charge is 0.330 e. The summed E-state index contributed by atoms with van der Waals surface area (Å²) in [4.78, 5) is 15.7. The molecular formula is C11H16N2O. The van der Waals surface area contributed by atoms with E-state index in [0.717, 1.165) is 12.1 Å². The van der Waals surface area contributed by atoms with Crippen molar-refractivity contribution in [3.05, 3.63) is 30.1 Å². The van der Waals surface area contributed by atoms with E-state index >= 15 is 0 Å². The minimum absolute atomic E-state index is 0.0435. The highest BCUT2D eigenvalue weighted by Crippen LogP contribution is 2.06. The van der Waals surface area contributed by atoms with Crippen molar-refractivity contribution in [2.24, 2.45) is 11.7 Å². The Hall–Kier alpha value is -1.22. The zero-order valence-corrected chi connectivity index (χ0v) is 8.44. The third kappa shape index (κ3) is 3.26. The van der Waals surface area contributed by atoms with E-state index in [9.17, 15) is 4.79 Å². The van der Waals surface area contributed by atoms with E-state index in [1.807, 2.05) is 25.1 Å². The number of ketones is 1. The van der Waals surface area contributed by atoms with Gasteiger partial charge in [-0.3, -0.25) is 9.78 Å². The molecule has 76 valence electrons. The molecule has 0 radical (unpaired) electrons. The maximum atomic E-state index is 11.6. The maximum absolute atomic E-state index is 11.6. The van der Waals surface area contributed by atoms with Crippen LogP contribution in [0.15, 0.2) is 24.4 Å². The van der Waals surface area contributed by atoms with Gasteiger partial charge in [0, 0.05) is 24.2 Å². The van der Waals surface area contributed by atoms with Crippen LogP contribution in [0, 0.1) is 5.92 Å². The van der Waals surface area contributed by atoms with E-state index in [1.165, 1.54) is 0 Å². The van der Waals surface area contributed by atoms with E-state index in [2.05, 4.69) is 4.98 Å². The molecule has 3 nitrogen and oxygen atoms in total. The van der Waals surface area contributed by atoms with Crippen molar-refractivity contribution >= 4 is 5.78 Å². The Bertz CT molecular complexity index is 285. The molecule has 0 saturated carbocycles. The molecule has 0 bridgehead atoms. The van der Waals surface area contributed by atoms with Crippen LogP contribution in [0.1, 0.15) is 19.0 Å². The second-order valence-electron chi connectivity index (χ2n) is 3.44. The summed E-state index contributed by atoms with van der Waals surface area (Å²) in [5, 5.41) is 0. The van der Waals surface area contributed by atoms with Gasteiger partial charge in [0.05, 0.1) is 0 Å². The fourth-order valence-corrected chi connectivity index (χ4v) is 1.27. The summed E-state index contributed by atoms with van der Waals surface area (Å²) in [6.07, 6.45) is 2.88. The van der Waals surface area contributed by atoms with E-state index in [-0.39, 0.29) is 11.7 Å². The highest BCUT2D eigenvalue weighted by molar-refractivity contribution is 5.82. The number of hydrogen-bond donors (Lipinski definition) is 1. The van der Waals surface area contributed by atoms with Gasteiger partial charge in [-0.25, -0.2) is 0 Å². The Kier molecular flexibility index (Phi) is 4.26. The Morgan fingerprint density at radius 3 is 2.93 bits per heavy atom. The molecular weight excluding hydrogens is 176 g/mol. The maximum Gasteiger partial charge on any atom is 0.141 e. The second kappa shape index (κ2) is 5.50. The molecule has 0 saturated heterocycles. The first-order valence-electron chi connectivity index (χ1n) is 4.86. The highest BCUT2D eigenvalue weighted by Gasteiger charge is 2.12. The normalized spacial score (nSPS) is 12.4. The molecule has 0 aliphatic rings. The Labute approximate surface area is 84.3 Å². The molecule has 0 fully saturated rings. The predicted octanol–water partition coefficient (Wildman–Crippen LogP) is 1.18. The Morgan fingerprint density at radius 1 is 1.57 bits per heavy atom. The number of carbonyl (C=O) groups excluding carboxylic acids is 1. The van der Waals surface area contributed by atoms with Crippen LogP contribution in [0.5, 0.6) is 0 Å². The molecule has 0 spiro atoms. The van der Waals surface area contributed by atoms with Gasteiger partial charge in [-0.15, -0.1) is 0 Å². The summed E-state index contributed by atoms with van der Waals surface area (Å²) in [5.74, 6) is 0.260. The fraction of sp³-hybridized carbons (Fsp3) is 0.455. The molecule has 1 aromatic heterocycles. The summed E-state index contributed by atoms with van der Waals surface area (Å²) in [6, 6.07) is 5.60. The Morgan fingerprint density at radius 2 is 2.36 bits per heavy atom. The molecule has 0 aliphatic carbocycles. The zero-order valence-electron chi connectivity index (χ0n) is 8.44. The first-order chi connectivity index (χ1) is 6.74. The van der Waals surface area contributed by atoms with Crippen molar-refractivity contribution in [2.45, 2.75) is 19.8 Å². The third-order valence-corrected chi connectivity index (χ3v) is 2.23. The van der Waals surface area contributed by atoms with Gasteiger partial charge in [-0.05, 0) is 25.1 Å². The molecule has 0 aromatic carbocycles. The van der Waals surface area contributed by atoms with Gasteiger partial charge in [0.15, 0.2) is 0 Å². The fourth-order valence-electron chi connectivity index (χ4n) is 1.27. The summed E-state index contributed by atoms with van der Waals surface area (Å²) in [6.45, 7) is 2.48. The van der Waals surface area contributed by atoms with Crippen LogP contribution in [-0.4, -0.2) is 17.3 Å².